The van der Waals surface area contributed by atoms with E-state index in [9.17, 15) is 4.79 Å². The number of aryl methyl sites for hydroxylation is 1. The molecule has 2 heterocycles. The first-order valence-corrected chi connectivity index (χ1v) is 7.23. The number of halogens is 1. The lowest BCUT2D eigenvalue weighted by molar-refractivity contribution is 0.569. The average molecular weight is 271 g/mol. The molecule has 0 unspecified atom stereocenters. The largest absolute Gasteiger partial charge is 0.298 e. The lowest BCUT2D eigenvalue weighted by Gasteiger charge is -2.04. The van der Waals surface area contributed by atoms with Crippen molar-refractivity contribution >= 4 is 33.2 Å². The number of alkyl halides is 1. The zero-order valence-corrected chi connectivity index (χ0v) is 11.1. The molecule has 2 aromatic heterocycles. The molecule has 5 heteroatoms. The average Bonchev–Trinajstić information content (AvgIpc) is 2.80. The molecule has 0 aliphatic heterocycles. The van der Waals surface area contributed by atoms with Gasteiger partial charge < -0.3 is 0 Å². The van der Waals surface area contributed by atoms with Gasteiger partial charge in [0.05, 0.1) is 11.8 Å². The smallest absolute Gasteiger partial charge is 0.271 e. The Labute approximate surface area is 109 Å². The predicted molar refractivity (Wildman–Crippen MR) is 73.1 cm³/mol. The fourth-order valence-electron chi connectivity index (χ4n) is 1.77. The maximum atomic E-state index is 12.0. The molecule has 0 N–H and O–H groups in total. The van der Waals surface area contributed by atoms with E-state index in [-0.39, 0.29) is 5.56 Å². The van der Waals surface area contributed by atoms with Crippen molar-refractivity contribution in [3.05, 3.63) is 28.1 Å². The standard InChI is InChI=1S/C12H15ClN2OS/c13-6-3-1-2-4-7-15-9-14-10-5-8-17-11(10)12(15)16/h5,8-9H,1-4,6-7H2. The van der Waals surface area contributed by atoms with E-state index >= 15 is 0 Å². The molecule has 2 rings (SSSR count). The summed E-state index contributed by atoms with van der Waals surface area (Å²) in [5.74, 6) is 0.725. The normalized spacial score (nSPS) is 11.1. The van der Waals surface area contributed by atoms with Crippen LogP contribution in [0.2, 0.25) is 0 Å². The quantitative estimate of drug-likeness (QED) is 0.597. The van der Waals surface area contributed by atoms with Crippen LogP contribution in [0.3, 0.4) is 0 Å². The van der Waals surface area contributed by atoms with Crippen molar-refractivity contribution in [3.63, 3.8) is 0 Å². The van der Waals surface area contributed by atoms with Crippen molar-refractivity contribution in [3.8, 4) is 0 Å². The van der Waals surface area contributed by atoms with Crippen molar-refractivity contribution in [2.45, 2.75) is 32.2 Å². The molecule has 3 nitrogen and oxygen atoms in total. The van der Waals surface area contributed by atoms with Gasteiger partial charge in [-0.15, -0.1) is 22.9 Å². The summed E-state index contributed by atoms with van der Waals surface area (Å²) in [7, 11) is 0. The van der Waals surface area contributed by atoms with Gasteiger partial charge >= 0.3 is 0 Å². The highest BCUT2D eigenvalue weighted by Crippen LogP contribution is 2.13. The Morgan fingerprint density at radius 3 is 2.94 bits per heavy atom. The highest BCUT2D eigenvalue weighted by Gasteiger charge is 2.04. The second-order valence-corrected chi connectivity index (χ2v) is 5.28. The molecule has 0 saturated heterocycles. The Hall–Kier alpha value is -0.870. The second-order valence-electron chi connectivity index (χ2n) is 3.98. The third-order valence-electron chi connectivity index (χ3n) is 2.72. The summed E-state index contributed by atoms with van der Waals surface area (Å²) in [6, 6.07) is 1.88. The van der Waals surface area contributed by atoms with Gasteiger partial charge in [0.2, 0.25) is 0 Å². The SMILES string of the molecule is O=c1c2sccc2ncn1CCCCCCCl. The third-order valence-corrected chi connectivity index (χ3v) is 3.88. The molecule has 0 amide bonds. The van der Waals surface area contributed by atoms with E-state index in [1.807, 2.05) is 11.4 Å². The van der Waals surface area contributed by atoms with Gasteiger partial charge in [-0.25, -0.2) is 4.98 Å². The van der Waals surface area contributed by atoms with Crippen LogP contribution < -0.4 is 5.56 Å². The summed E-state index contributed by atoms with van der Waals surface area (Å²) < 4.78 is 2.47. The van der Waals surface area contributed by atoms with Gasteiger partial charge in [0.1, 0.15) is 4.70 Å². The highest BCUT2D eigenvalue weighted by atomic mass is 35.5. The van der Waals surface area contributed by atoms with Crippen LogP contribution in [0, 0.1) is 0 Å². The van der Waals surface area contributed by atoms with E-state index in [4.69, 9.17) is 11.6 Å². The Bertz CT molecular complexity index is 535. The summed E-state index contributed by atoms with van der Waals surface area (Å²) in [4.78, 5) is 16.3. The number of rotatable bonds is 6. The highest BCUT2D eigenvalue weighted by molar-refractivity contribution is 7.17. The van der Waals surface area contributed by atoms with Crippen LogP contribution in [0.1, 0.15) is 25.7 Å². The van der Waals surface area contributed by atoms with Crippen LogP contribution in [0.4, 0.5) is 0 Å². The van der Waals surface area contributed by atoms with Gasteiger partial charge in [-0.05, 0) is 24.3 Å². The van der Waals surface area contributed by atoms with Crippen molar-refractivity contribution in [2.24, 2.45) is 0 Å². The maximum Gasteiger partial charge on any atom is 0.271 e. The zero-order chi connectivity index (χ0) is 12.1. The molecule has 0 aromatic carbocycles. The van der Waals surface area contributed by atoms with E-state index in [1.54, 1.807) is 10.9 Å². The topological polar surface area (TPSA) is 34.9 Å². The molecule has 0 fully saturated rings. The molecule has 0 bridgehead atoms. The molecular weight excluding hydrogens is 256 g/mol. The van der Waals surface area contributed by atoms with E-state index in [0.717, 1.165) is 48.3 Å². The Kier molecular flexibility index (Phi) is 4.57. The lowest BCUT2D eigenvalue weighted by atomic mass is 10.2. The van der Waals surface area contributed by atoms with E-state index in [1.165, 1.54) is 11.3 Å². The summed E-state index contributed by atoms with van der Waals surface area (Å²) in [5, 5.41) is 1.91. The summed E-state index contributed by atoms with van der Waals surface area (Å²) in [6.45, 7) is 0.752. The summed E-state index contributed by atoms with van der Waals surface area (Å²) in [6.07, 6.45) is 5.96. The van der Waals surface area contributed by atoms with Crippen LogP contribution in [-0.4, -0.2) is 15.4 Å². The molecule has 17 heavy (non-hydrogen) atoms. The first kappa shape index (κ1) is 12.6. The van der Waals surface area contributed by atoms with Gasteiger partial charge in [0.25, 0.3) is 5.56 Å². The number of hydrogen-bond acceptors (Lipinski definition) is 3. The molecule has 92 valence electrons. The fraction of sp³-hybridized carbons (Fsp3) is 0.500. The van der Waals surface area contributed by atoms with E-state index in [0.29, 0.717) is 0 Å². The van der Waals surface area contributed by atoms with Gasteiger partial charge in [-0.3, -0.25) is 9.36 Å². The predicted octanol–water partition coefficient (Wildman–Crippen LogP) is 3.26. The Balaban J connectivity index is 1.99. The van der Waals surface area contributed by atoms with Crippen molar-refractivity contribution in [1.29, 1.82) is 0 Å². The van der Waals surface area contributed by atoms with Crippen LogP contribution in [-0.2, 0) is 6.54 Å². The number of aromatic nitrogens is 2. The maximum absolute atomic E-state index is 12.0. The Morgan fingerprint density at radius 1 is 1.29 bits per heavy atom. The summed E-state index contributed by atoms with van der Waals surface area (Å²) >= 11 is 7.07. The number of nitrogens with zero attached hydrogens (tertiary/aromatic N) is 2. The minimum absolute atomic E-state index is 0.0855. The van der Waals surface area contributed by atoms with Gasteiger partial charge in [-0.2, -0.15) is 0 Å². The molecule has 0 atom stereocenters. The number of hydrogen-bond donors (Lipinski definition) is 0. The van der Waals surface area contributed by atoms with E-state index in [2.05, 4.69) is 4.98 Å². The zero-order valence-electron chi connectivity index (χ0n) is 9.56. The number of fused-ring (bicyclic) bond motifs is 1. The Morgan fingerprint density at radius 2 is 2.12 bits per heavy atom. The second kappa shape index (κ2) is 6.17. The fourth-order valence-corrected chi connectivity index (χ4v) is 2.75. The van der Waals surface area contributed by atoms with Crippen molar-refractivity contribution in [2.75, 3.05) is 5.88 Å². The first-order valence-electron chi connectivity index (χ1n) is 5.81. The van der Waals surface area contributed by atoms with Crippen molar-refractivity contribution in [1.82, 2.24) is 9.55 Å². The molecule has 0 saturated carbocycles. The van der Waals surface area contributed by atoms with Gasteiger partial charge in [-0.1, -0.05) is 12.8 Å². The molecule has 0 radical (unpaired) electrons. The van der Waals surface area contributed by atoms with E-state index < -0.39 is 0 Å². The van der Waals surface area contributed by atoms with Crippen LogP contribution in [0.15, 0.2) is 22.6 Å². The van der Waals surface area contributed by atoms with Gasteiger partial charge in [0, 0.05) is 12.4 Å². The van der Waals surface area contributed by atoms with Crippen LogP contribution in [0.25, 0.3) is 10.2 Å². The molecule has 0 spiro atoms. The monoisotopic (exact) mass is 270 g/mol. The number of unbranched alkanes of at least 4 members (excludes halogenated alkanes) is 3. The molecule has 2 aromatic rings. The van der Waals surface area contributed by atoms with Crippen LogP contribution >= 0.6 is 22.9 Å². The molecule has 0 aliphatic carbocycles. The lowest BCUT2D eigenvalue weighted by Crippen LogP contribution is -2.19. The number of thiophene rings is 1. The minimum Gasteiger partial charge on any atom is -0.298 e. The minimum atomic E-state index is 0.0855. The van der Waals surface area contributed by atoms with Gasteiger partial charge in [0.15, 0.2) is 0 Å². The van der Waals surface area contributed by atoms with Crippen LogP contribution in [0.5, 0.6) is 0 Å². The molecular formula is C12H15ClN2OS. The van der Waals surface area contributed by atoms with Crippen molar-refractivity contribution < 1.29 is 0 Å². The first-order chi connectivity index (χ1) is 8.33. The molecule has 0 aliphatic rings. The summed E-state index contributed by atoms with van der Waals surface area (Å²) in [5.41, 5.74) is 0.890. The third kappa shape index (κ3) is 3.07.